The molecule has 5 nitrogen and oxygen atoms in total. The Bertz CT molecular complexity index is 849. The number of aryl methyl sites for hydroxylation is 1. The van der Waals surface area contributed by atoms with E-state index in [9.17, 15) is 0 Å². The number of nitrogens with one attached hydrogen (secondary N) is 1. The van der Waals surface area contributed by atoms with E-state index >= 15 is 0 Å². The van der Waals surface area contributed by atoms with Crippen molar-refractivity contribution in [3.05, 3.63) is 54.1 Å². The molecule has 122 valence electrons. The zero-order valence-electron chi connectivity index (χ0n) is 13.7. The Labute approximate surface area is 145 Å². The molecule has 0 bridgehead atoms. The number of aromatic nitrogens is 1. The lowest BCUT2D eigenvalue weighted by molar-refractivity contribution is 0.966. The molecule has 0 amide bonds. The summed E-state index contributed by atoms with van der Waals surface area (Å²) in [4.78, 5) is 4.46. The average molecular weight is 337 g/mol. The second-order valence-electron chi connectivity index (χ2n) is 5.42. The third-order valence-corrected chi connectivity index (χ3v) is 4.26. The molecule has 0 saturated heterocycles. The topological polar surface area (TPSA) is 62.0 Å². The van der Waals surface area contributed by atoms with E-state index in [0.717, 1.165) is 28.7 Å². The molecule has 0 saturated carbocycles. The maximum absolute atomic E-state index is 4.46. The number of azo groups is 1. The van der Waals surface area contributed by atoms with Crippen LogP contribution < -0.4 is 5.43 Å². The molecule has 2 aromatic carbocycles. The van der Waals surface area contributed by atoms with Gasteiger partial charge in [-0.05, 0) is 43.2 Å². The van der Waals surface area contributed by atoms with E-state index in [1.165, 1.54) is 16.9 Å². The highest BCUT2D eigenvalue weighted by atomic mass is 32.1. The Hall–Kier alpha value is -2.60. The molecule has 0 radical (unpaired) electrons. The number of nitrogens with zero attached hydrogens (tertiary/aromatic N) is 4. The lowest BCUT2D eigenvalue weighted by atomic mass is 10.2. The van der Waals surface area contributed by atoms with Gasteiger partial charge in [-0.25, -0.2) is 4.98 Å². The first-order valence-corrected chi connectivity index (χ1v) is 8.73. The molecule has 3 aromatic rings. The van der Waals surface area contributed by atoms with E-state index in [0.29, 0.717) is 11.0 Å². The maximum atomic E-state index is 4.46. The average Bonchev–Trinajstić information content (AvgIpc) is 3.00. The molecule has 0 unspecified atom stereocenters. The Kier molecular flexibility index (Phi) is 5.28. The van der Waals surface area contributed by atoms with Crippen molar-refractivity contribution in [1.29, 1.82) is 0 Å². The van der Waals surface area contributed by atoms with Crippen LogP contribution in [0.15, 0.2) is 63.9 Å². The number of hydrogen-bond acceptors (Lipinski definition) is 5. The van der Waals surface area contributed by atoms with Crippen molar-refractivity contribution >= 4 is 38.2 Å². The first-order valence-electron chi connectivity index (χ1n) is 7.91. The van der Waals surface area contributed by atoms with Crippen LogP contribution in [0, 0.1) is 6.92 Å². The molecule has 1 heterocycles. The van der Waals surface area contributed by atoms with Crippen LogP contribution in [0.2, 0.25) is 0 Å². The van der Waals surface area contributed by atoms with Crippen molar-refractivity contribution in [2.24, 2.45) is 15.3 Å². The number of anilines is 1. The smallest absolute Gasteiger partial charge is 0.231 e. The van der Waals surface area contributed by atoms with Crippen molar-refractivity contribution in [3.63, 3.8) is 0 Å². The van der Waals surface area contributed by atoms with Crippen LogP contribution in [0.25, 0.3) is 10.2 Å². The third-order valence-electron chi connectivity index (χ3n) is 3.34. The number of rotatable bonds is 5. The van der Waals surface area contributed by atoms with Gasteiger partial charge >= 0.3 is 0 Å². The Morgan fingerprint density at radius 3 is 2.83 bits per heavy atom. The van der Waals surface area contributed by atoms with E-state index in [1.54, 1.807) is 0 Å². The molecule has 0 fully saturated rings. The molecule has 0 aliphatic rings. The maximum Gasteiger partial charge on any atom is 0.231 e. The quantitative estimate of drug-likeness (QED) is 0.272. The lowest BCUT2D eigenvalue weighted by Crippen LogP contribution is -1.98. The van der Waals surface area contributed by atoms with Crippen LogP contribution in [-0.2, 0) is 0 Å². The van der Waals surface area contributed by atoms with Gasteiger partial charge in [0.1, 0.15) is 0 Å². The zero-order chi connectivity index (χ0) is 16.8. The summed E-state index contributed by atoms with van der Waals surface area (Å²) >= 11 is 1.53. The number of para-hydroxylation sites is 1. The van der Waals surface area contributed by atoms with Gasteiger partial charge in [0, 0.05) is 6.42 Å². The Balaban J connectivity index is 1.76. The van der Waals surface area contributed by atoms with Gasteiger partial charge in [-0.15, -0.1) is 10.2 Å². The van der Waals surface area contributed by atoms with E-state index in [1.807, 2.05) is 42.5 Å². The molecule has 1 N–H and O–H groups in total. The van der Waals surface area contributed by atoms with Crippen LogP contribution in [0.1, 0.15) is 25.3 Å². The van der Waals surface area contributed by atoms with Crippen LogP contribution in [-0.4, -0.2) is 10.8 Å². The van der Waals surface area contributed by atoms with E-state index in [4.69, 9.17) is 0 Å². The minimum atomic E-state index is 0.649. The van der Waals surface area contributed by atoms with Gasteiger partial charge in [0.05, 0.1) is 15.9 Å². The molecular weight excluding hydrogens is 318 g/mol. The zero-order valence-corrected chi connectivity index (χ0v) is 14.5. The molecule has 0 atom stereocenters. The van der Waals surface area contributed by atoms with E-state index in [-0.39, 0.29) is 0 Å². The number of benzene rings is 2. The predicted octanol–water partition coefficient (Wildman–Crippen LogP) is 5.91. The van der Waals surface area contributed by atoms with Crippen molar-refractivity contribution < 1.29 is 0 Å². The van der Waals surface area contributed by atoms with Crippen molar-refractivity contribution in [1.82, 2.24) is 4.98 Å². The van der Waals surface area contributed by atoms with Gasteiger partial charge in [-0.2, -0.15) is 5.10 Å². The summed E-state index contributed by atoms with van der Waals surface area (Å²) in [7, 11) is 0. The highest BCUT2D eigenvalue weighted by molar-refractivity contribution is 7.21. The van der Waals surface area contributed by atoms with Crippen molar-refractivity contribution in [2.45, 2.75) is 26.7 Å². The molecule has 3 rings (SSSR count). The van der Waals surface area contributed by atoms with Gasteiger partial charge < -0.3 is 0 Å². The number of hydrogen-bond donors (Lipinski definition) is 1. The van der Waals surface area contributed by atoms with Crippen LogP contribution in [0.4, 0.5) is 10.8 Å². The first-order chi connectivity index (χ1) is 11.7. The molecular formula is C18H19N5S. The summed E-state index contributed by atoms with van der Waals surface area (Å²) in [6.45, 7) is 4.14. The van der Waals surface area contributed by atoms with E-state index in [2.05, 4.69) is 45.7 Å². The SMILES string of the molecule is CCC/C(N=Nc1nc2ccccc2s1)=N/Nc1cccc(C)c1. The fourth-order valence-corrected chi connectivity index (χ4v) is 2.99. The molecule has 6 heteroatoms. The van der Waals surface area contributed by atoms with Crippen LogP contribution >= 0.6 is 11.3 Å². The molecule has 1 aromatic heterocycles. The fourth-order valence-electron chi connectivity index (χ4n) is 2.20. The summed E-state index contributed by atoms with van der Waals surface area (Å²) < 4.78 is 1.11. The first kappa shape index (κ1) is 16.3. The molecule has 0 aliphatic carbocycles. The fraction of sp³-hybridized carbons (Fsp3) is 0.222. The van der Waals surface area contributed by atoms with Crippen molar-refractivity contribution in [3.8, 4) is 0 Å². The monoisotopic (exact) mass is 337 g/mol. The number of thiazole rings is 1. The molecule has 24 heavy (non-hydrogen) atoms. The summed E-state index contributed by atoms with van der Waals surface area (Å²) in [6, 6.07) is 16.0. The minimum Gasteiger partial charge on any atom is -0.277 e. The molecule has 0 spiro atoms. The van der Waals surface area contributed by atoms with Gasteiger partial charge in [-0.3, -0.25) is 5.43 Å². The van der Waals surface area contributed by atoms with Crippen molar-refractivity contribution in [2.75, 3.05) is 5.43 Å². The third kappa shape index (κ3) is 4.23. The number of hydrazone groups is 1. The van der Waals surface area contributed by atoms with Gasteiger partial charge in [0.2, 0.25) is 5.13 Å². The predicted molar refractivity (Wildman–Crippen MR) is 101 cm³/mol. The Morgan fingerprint density at radius 2 is 2.04 bits per heavy atom. The van der Waals surface area contributed by atoms with Crippen LogP contribution in [0.5, 0.6) is 0 Å². The highest BCUT2D eigenvalue weighted by Gasteiger charge is 2.03. The lowest BCUT2D eigenvalue weighted by Gasteiger charge is -2.02. The normalized spacial score (nSPS) is 12.2. The largest absolute Gasteiger partial charge is 0.277 e. The van der Waals surface area contributed by atoms with Gasteiger partial charge in [0.15, 0.2) is 5.84 Å². The summed E-state index contributed by atoms with van der Waals surface area (Å²) in [5, 5.41) is 13.6. The van der Waals surface area contributed by atoms with Gasteiger partial charge in [-0.1, -0.05) is 42.5 Å². The number of amidine groups is 1. The van der Waals surface area contributed by atoms with Gasteiger partial charge in [0.25, 0.3) is 0 Å². The second kappa shape index (κ2) is 7.79. The minimum absolute atomic E-state index is 0.649. The Morgan fingerprint density at radius 1 is 1.17 bits per heavy atom. The standard InChI is InChI=1S/C18H19N5S/c1-3-7-17(21-20-14-9-6-8-13(2)12-14)22-23-18-19-15-10-4-5-11-16(15)24-18/h4-6,8-12,20H,3,7H2,1-2H3/b21-17-,23-22?. The highest BCUT2D eigenvalue weighted by Crippen LogP contribution is 2.27. The summed E-state index contributed by atoms with van der Waals surface area (Å²) in [5.41, 5.74) is 6.12. The number of fused-ring (bicyclic) bond motifs is 1. The molecule has 0 aliphatic heterocycles. The second-order valence-corrected chi connectivity index (χ2v) is 6.43. The summed E-state index contributed by atoms with van der Waals surface area (Å²) in [6.07, 6.45) is 1.71. The van der Waals surface area contributed by atoms with E-state index < -0.39 is 0 Å². The van der Waals surface area contributed by atoms with Crippen LogP contribution in [0.3, 0.4) is 0 Å². The summed E-state index contributed by atoms with van der Waals surface area (Å²) in [5.74, 6) is 0.665.